The van der Waals surface area contributed by atoms with Crippen LogP contribution in [0.25, 0.3) is 0 Å². The molecule has 0 unspecified atom stereocenters. The molecule has 1 saturated heterocycles. The summed E-state index contributed by atoms with van der Waals surface area (Å²) >= 11 is 0. The van der Waals surface area contributed by atoms with Gasteiger partial charge in [0.2, 0.25) is 0 Å². The number of ether oxygens (including phenoxy) is 1. The van der Waals surface area contributed by atoms with E-state index in [1.807, 2.05) is 0 Å². The summed E-state index contributed by atoms with van der Waals surface area (Å²) in [5, 5.41) is 0. The summed E-state index contributed by atoms with van der Waals surface area (Å²) < 4.78 is 5.91. The molecule has 0 aromatic heterocycles. The van der Waals surface area contributed by atoms with Crippen LogP contribution in [-0.4, -0.2) is 50.0 Å². The zero-order valence-corrected chi connectivity index (χ0v) is 13.8. The Morgan fingerprint density at radius 2 is 1.90 bits per heavy atom. The second kappa shape index (κ2) is 6.57. The van der Waals surface area contributed by atoms with Crippen molar-refractivity contribution < 1.29 is 4.74 Å². The highest BCUT2D eigenvalue weighted by Gasteiger charge is 2.40. The molecule has 1 aliphatic carbocycles. The zero-order chi connectivity index (χ0) is 14.6. The van der Waals surface area contributed by atoms with Gasteiger partial charge >= 0.3 is 0 Å². The van der Waals surface area contributed by atoms with Crippen molar-refractivity contribution >= 4 is 6.21 Å². The second-order valence-corrected chi connectivity index (χ2v) is 7.71. The molecule has 0 N–H and O–H groups in total. The molecule has 1 atom stereocenters. The summed E-state index contributed by atoms with van der Waals surface area (Å²) in [6.45, 7) is 6.36. The second-order valence-electron chi connectivity index (χ2n) is 7.71. The highest BCUT2D eigenvalue weighted by atomic mass is 16.5. The van der Waals surface area contributed by atoms with Gasteiger partial charge in [0.15, 0.2) is 0 Å². The molecule has 3 heteroatoms. The minimum atomic E-state index is -0.0210. The van der Waals surface area contributed by atoms with Gasteiger partial charge in [-0.2, -0.15) is 0 Å². The number of hydrogen-bond donors (Lipinski definition) is 0. The molecule has 1 heterocycles. The third-order valence-electron chi connectivity index (χ3n) is 4.64. The molecule has 116 valence electrons. The first-order valence-electron chi connectivity index (χ1n) is 8.24. The highest BCUT2D eigenvalue weighted by Crippen LogP contribution is 2.38. The molecule has 0 bridgehead atoms. The van der Waals surface area contributed by atoms with Gasteiger partial charge in [-0.3, -0.25) is 4.99 Å². The van der Waals surface area contributed by atoms with E-state index in [1.54, 1.807) is 0 Å². The zero-order valence-electron chi connectivity index (χ0n) is 13.8. The van der Waals surface area contributed by atoms with Crippen molar-refractivity contribution in [2.45, 2.75) is 70.4 Å². The van der Waals surface area contributed by atoms with Gasteiger partial charge in [-0.05, 0) is 53.6 Å². The molecule has 1 saturated carbocycles. The molecule has 0 aromatic rings. The summed E-state index contributed by atoms with van der Waals surface area (Å²) in [7, 11) is 4.33. The van der Waals surface area contributed by atoms with Crippen LogP contribution < -0.4 is 0 Å². The van der Waals surface area contributed by atoms with Gasteiger partial charge in [0.25, 0.3) is 0 Å². The molecule has 0 amide bonds. The Hall–Kier alpha value is -0.410. The number of hydrogen-bond acceptors (Lipinski definition) is 3. The van der Waals surface area contributed by atoms with Crippen molar-refractivity contribution in [2.75, 3.05) is 27.2 Å². The maximum Gasteiger partial charge on any atom is 0.0635 e. The van der Waals surface area contributed by atoms with Crippen molar-refractivity contribution in [3.63, 3.8) is 0 Å². The van der Waals surface area contributed by atoms with Crippen LogP contribution in [0.5, 0.6) is 0 Å². The van der Waals surface area contributed by atoms with Crippen LogP contribution >= 0.6 is 0 Å². The number of nitrogens with zero attached hydrogens (tertiary/aromatic N) is 2. The monoisotopic (exact) mass is 280 g/mol. The number of rotatable bonds is 4. The van der Waals surface area contributed by atoms with E-state index >= 15 is 0 Å². The van der Waals surface area contributed by atoms with Crippen molar-refractivity contribution in [2.24, 2.45) is 10.4 Å². The molecule has 2 rings (SSSR count). The van der Waals surface area contributed by atoms with Crippen LogP contribution in [-0.2, 0) is 4.74 Å². The summed E-state index contributed by atoms with van der Waals surface area (Å²) in [4.78, 5) is 7.29. The molecule has 1 aliphatic heterocycles. The van der Waals surface area contributed by atoms with Crippen molar-refractivity contribution in [1.29, 1.82) is 0 Å². The van der Waals surface area contributed by atoms with Crippen molar-refractivity contribution in [3.05, 3.63) is 0 Å². The molecule has 2 aliphatic rings. The van der Waals surface area contributed by atoms with Crippen LogP contribution in [0.2, 0.25) is 0 Å². The first-order valence-corrected chi connectivity index (χ1v) is 8.24. The number of aliphatic imine (C=N–C) groups is 1. The largest absolute Gasteiger partial charge is 0.376 e. The van der Waals surface area contributed by atoms with Gasteiger partial charge in [0.05, 0.1) is 5.60 Å². The van der Waals surface area contributed by atoms with Crippen LogP contribution in [0.4, 0.5) is 0 Å². The molecule has 3 nitrogen and oxygen atoms in total. The lowest BCUT2D eigenvalue weighted by molar-refractivity contribution is -0.0887. The third kappa shape index (κ3) is 4.56. The van der Waals surface area contributed by atoms with Crippen LogP contribution in [0.15, 0.2) is 4.99 Å². The Labute approximate surface area is 124 Å². The Morgan fingerprint density at radius 3 is 2.50 bits per heavy atom. The summed E-state index contributed by atoms with van der Waals surface area (Å²) in [5.74, 6) is 0. The van der Waals surface area contributed by atoms with E-state index in [9.17, 15) is 0 Å². The topological polar surface area (TPSA) is 24.8 Å². The average Bonchev–Trinajstić information content (AvgIpc) is 2.36. The fourth-order valence-corrected chi connectivity index (χ4v) is 3.93. The third-order valence-corrected chi connectivity index (χ3v) is 4.64. The first-order chi connectivity index (χ1) is 9.41. The molecule has 20 heavy (non-hydrogen) atoms. The van der Waals surface area contributed by atoms with Crippen molar-refractivity contribution in [1.82, 2.24) is 4.90 Å². The average molecular weight is 280 g/mol. The Balaban J connectivity index is 2.07. The highest BCUT2D eigenvalue weighted by molar-refractivity contribution is 5.67. The van der Waals surface area contributed by atoms with Crippen molar-refractivity contribution in [3.8, 4) is 0 Å². The van der Waals surface area contributed by atoms with E-state index < -0.39 is 0 Å². The molecule has 0 aromatic carbocycles. The molecular weight excluding hydrogens is 248 g/mol. The van der Waals surface area contributed by atoms with Gasteiger partial charge in [0.1, 0.15) is 0 Å². The van der Waals surface area contributed by atoms with Crippen LogP contribution in [0, 0.1) is 5.41 Å². The summed E-state index contributed by atoms with van der Waals surface area (Å²) in [6, 6.07) is 0.578. The Kier molecular flexibility index (Phi) is 5.25. The standard InChI is InChI=1S/C17H32N2O/c1-16(2)12-17(10-11-20-16,14-19(3)4)13-18-15-8-6-5-7-9-15/h13,15H,5-12,14H2,1-4H3/t17-/m1/s1. The summed E-state index contributed by atoms with van der Waals surface area (Å²) in [5.41, 5.74) is 0.176. The van der Waals surface area contributed by atoms with Crippen LogP contribution in [0.3, 0.4) is 0 Å². The van der Waals surface area contributed by atoms with Gasteiger partial charge in [-0.25, -0.2) is 0 Å². The minimum absolute atomic E-state index is 0.0210. The van der Waals surface area contributed by atoms with Gasteiger partial charge < -0.3 is 9.64 Å². The molecule has 0 spiro atoms. The summed E-state index contributed by atoms with van der Waals surface area (Å²) in [6.07, 6.45) is 11.2. The Morgan fingerprint density at radius 1 is 1.20 bits per heavy atom. The molecule has 2 fully saturated rings. The van der Waals surface area contributed by atoms with Gasteiger partial charge in [0, 0.05) is 30.8 Å². The van der Waals surface area contributed by atoms with E-state index in [2.05, 4.69) is 39.1 Å². The smallest absolute Gasteiger partial charge is 0.0635 e. The van der Waals surface area contributed by atoms with E-state index in [0.29, 0.717) is 6.04 Å². The molecular formula is C17H32N2O. The van der Waals surface area contributed by atoms with E-state index in [4.69, 9.17) is 9.73 Å². The maximum absolute atomic E-state index is 5.91. The lowest BCUT2D eigenvalue weighted by Gasteiger charge is -2.44. The normalized spacial score (nSPS) is 32.0. The van der Waals surface area contributed by atoms with Crippen LogP contribution in [0.1, 0.15) is 58.8 Å². The predicted octanol–water partition coefficient (Wildman–Crippen LogP) is 3.53. The van der Waals surface area contributed by atoms with E-state index in [0.717, 1.165) is 26.0 Å². The quantitative estimate of drug-likeness (QED) is 0.736. The minimum Gasteiger partial charge on any atom is -0.376 e. The predicted molar refractivity (Wildman–Crippen MR) is 85.6 cm³/mol. The molecule has 0 radical (unpaired) electrons. The van der Waals surface area contributed by atoms with Gasteiger partial charge in [-0.1, -0.05) is 19.3 Å². The van der Waals surface area contributed by atoms with E-state index in [-0.39, 0.29) is 11.0 Å². The first kappa shape index (κ1) is 16.0. The SMILES string of the molecule is CN(C)C[C@]1(C=NC2CCCCC2)CCOC(C)(C)C1. The Bertz CT molecular complexity index is 332. The fourth-order valence-electron chi connectivity index (χ4n) is 3.93. The van der Waals surface area contributed by atoms with E-state index in [1.165, 1.54) is 32.1 Å². The van der Waals surface area contributed by atoms with Gasteiger partial charge in [-0.15, -0.1) is 0 Å². The lowest BCUT2D eigenvalue weighted by Crippen LogP contribution is -2.47. The fraction of sp³-hybridized carbons (Fsp3) is 0.941. The maximum atomic E-state index is 5.91. The lowest BCUT2D eigenvalue weighted by atomic mass is 9.74.